The molecule has 5 heteroatoms. The molecule has 19 heavy (non-hydrogen) atoms. The second kappa shape index (κ2) is 7.70. The molecule has 112 valence electrons. The number of aliphatic imine (C=N–C) groups is 1. The summed E-state index contributed by atoms with van der Waals surface area (Å²) in [6.45, 7) is 9.86. The molecule has 0 spiro atoms. The first-order valence-electron chi connectivity index (χ1n) is 7.26. The van der Waals surface area contributed by atoms with Gasteiger partial charge in [-0.15, -0.1) is 0 Å². The Balaban J connectivity index is 2.45. The molecule has 1 rings (SSSR count). The fourth-order valence-corrected chi connectivity index (χ4v) is 2.13. The average molecular weight is 270 g/mol. The summed E-state index contributed by atoms with van der Waals surface area (Å²) < 4.78 is 5.39. The van der Waals surface area contributed by atoms with E-state index in [4.69, 9.17) is 4.74 Å². The number of nitrogens with one attached hydrogen (secondary N) is 2. The average Bonchev–Trinajstić information content (AvgIpc) is 2.78. The topological polar surface area (TPSA) is 48.9 Å². The zero-order chi connectivity index (χ0) is 14.3. The predicted octanol–water partition coefficient (Wildman–Crippen LogP) is 1.06. The molecule has 0 aliphatic carbocycles. The van der Waals surface area contributed by atoms with Gasteiger partial charge in [0.25, 0.3) is 0 Å². The number of hydrogen-bond acceptors (Lipinski definition) is 3. The Morgan fingerprint density at radius 1 is 1.42 bits per heavy atom. The number of methoxy groups -OCH3 is 1. The standard InChI is InChI=1S/C14H30N4O/c1-6-15-13(17-11-14(2,3)19-5)16-10-12-8-7-9-18(12)4/h12H,6-11H2,1-5H3,(H2,15,16,17). The van der Waals surface area contributed by atoms with Gasteiger partial charge in [0.2, 0.25) is 0 Å². The van der Waals surface area contributed by atoms with Crippen molar-refractivity contribution >= 4 is 5.96 Å². The highest BCUT2D eigenvalue weighted by molar-refractivity contribution is 5.79. The smallest absolute Gasteiger partial charge is 0.191 e. The van der Waals surface area contributed by atoms with Gasteiger partial charge in [-0.05, 0) is 47.2 Å². The van der Waals surface area contributed by atoms with Crippen molar-refractivity contribution in [2.24, 2.45) is 4.99 Å². The minimum Gasteiger partial charge on any atom is -0.377 e. The fourth-order valence-electron chi connectivity index (χ4n) is 2.13. The molecule has 1 aliphatic rings. The van der Waals surface area contributed by atoms with Crippen LogP contribution in [0.5, 0.6) is 0 Å². The minimum absolute atomic E-state index is 0.216. The summed E-state index contributed by atoms with van der Waals surface area (Å²) in [5.41, 5.74) is -0.216. The van der Waals surface area contributed by atoms with Gasteiger partial charge in [-0.25, -0.2) is 0 Å². The van der Waals surface area contributed by atoms with Crippen LogP contribution in [0.4, 0.5) is 0 Å². The summed E-state index contributed by atoms with van der Waals surface area (Å²) in [5.74, 6) is 0.882. The SMILES string of the molecule is CCNC(=NCC(C)(C)OC)NCC1CCCN1C. The van der Waals surface area contributed by atoms with Crippen LogP contribution in [0, 0.1) is 0 Å². The number of nitrogens with zero attached hydrogens (tertiary/aromatic N) is 2. The molecule has 1 fully saturated rings. The van der Waals surface area contributed by atoms with E-state index in [2.05, 4.69) is 34.5 Å². The fraction of sp³-hybridized carbons (Fsp3) is 0.929. The highest BCUT2D eigenvalue weighted by atomic mass is 16.5. The van der Waals surface area contributed by atoms with E-state index in [9.17, 15) is 0 Å². The van der Waals surface area contributed by atoms with Crippen LogP contribution in [0.1, 0.15) is 33.6 Å². The van der Waals surface area contributed by atoms with Gasteiger partial charge in [0.05, 0.1) is 12.1 Å². The molecule has 1 aliphatic heterocycles. The first-order chi connectivity index (χ1) is 8.98. The molecular formula is C14H30N4O. The lowest BCUT2D eigenvalue weighted by Crippen LogP contribution is -2.44. The zero-order valence-electron chi connectivity index (χ0n) is 13.1. The van der Waals surface area contributed by atoms with Crippen LogP contribution in [0.15, 0.2) is 4.99 Å². The van der Waals surface area contributed by atoms with E-state index in [0.717, 1.165) is 19.0 Å². The first-order valence-corrected chi connectivity index (χ1v) is 7.26. The van der Waals surface area contributed by atoms with E-state index in [0.29, 0.717) is 12.6 Å². The Hall–Kier alpha value is -0.810. The number of likely N-dealkylation sites (tertiary alicyclic amines) is 1. The van der Waals surface area contributed by atoms with E-state index < -0.39 is 0 Å². The normalized spacial score (nSPS) is 21.7. The maximum atomic E-state index is 5.39. The van der Waals surface area contributed by atoms with E-state index in [1.165, 1.54) is 19.4 Å². The quantitative estimate of drug-likeness (QED) is 0.560. The number of rotatable bonds is 6. The second-order valence-electron chi connectivity index (χ2n) is 5.82. The predicted molar refractivity (Wildman–Crippen MR) is 80.7 cm³/mol. The summed E-state index contributed by atoms with van der Waals surface area (Å²) in [5, 5.41) is 6.71. The molecule has 1 heterocycles. The third kappa shape index (κ3) is 5.78. The molecule has 5 nitrogen and oxygen atoms in total. The number of hydrogen-bond donors (Lipinski definition) is 2. The van der Waals surface area contributed by atoms with Gasteiger partial charge in [0.1, 0.15) is 0 Å². The van der Waals surface area contributed by atoms with Gasteiger partial charge < -0.3 is 20.3 Å². The van der Waals surface area contributed by atoms with Crippen LogP contribution in [0.3, 0.4) is 0 Å². The van der Waals surface area contributed by atoms with Crippen molar-refractivity contribution in [1.82, 2.24) is 15.5 Å². The van der Waals surface area contributed by atoms with Gasteiger partial charge in [-0.1, -0.05) is 0 Å². The van der Waals surface area contributed by atoms with Crippen molar-refractivity contribution in [2.75, 3.05) is 40.3 Å². The Morgan fingerprint density at radius 2 is 2.16 bits per heavy atom. The van der Waals surface area contributed by atoms with Crippen LogP contribution >= 0.6 is 0 Å². The summed E-state index contributed by atoms with van der Waals surface area (Å²) in [6, 6.07) is 0.624. The lowest BCUT2D eigenvalue weighted by atomic mass is 10.1. The van der Waals surface area contributed by atoms with Gasteiger partial charge in [0.15, 0.2) is 5.96 Å². The van der Waals surface area contributed by atoms with Crippen LogP contribution in [0.2, 0.25) is 0 Å². The number of ether oxygens (including phenoxy) is 1. The molecular weight excluding hydrogens is 240 g/mol. The lowest BCUT2D eigenvalue weighted by molar-refractivity contribution is 0.0310. The maximum absolute atomic E-state index is 5.39. The summed E-state index contributed by atoms with van der Waals surface area (Å²) in [4.78, 5) is 7.01. The molecule has 1 atom stereocenters. The Morgan fingerprint density at radius 3 is 2.68 bits per heavy atom. The lowest BCUT2D eigenvalue weighted by Gasteiger charge is -2.23. The zero-order valence-corrected chi connectivity index (χ0v) is 13.1. The molecule has 2 N–H and O–H groups in total. The Labute approximate surface area is 117 Å². The third-order valence-electron chi connectivity index (χ3n) is 3.69. The van der Waals surface area contributed by atoms with Crippen molar-refractivity contribution < 1.29 is 4.74 Å². The van der Waals surface area contributed by atoms with Gasteiger partial charge in [0, 0.05) is 26.2 Å². The Kier molecular flexibility index (Phi) is 6.58. The van der Waals surface area contributed by atoms with Crippen LogP contribution < -0.4 is 10.6 Å². The molecule has 0 aromatic carbocycles. The molecule has 1 unspecified atom stereocenters. The molecule has 0 bridgehead atoms. The highest BCUT2D eigenvalue weighted by Crippen LogP contribution is 2.13. The van der Waals surface area contributed by atoms with E-state index in [-0.39, 0.29) is 5.60 Å². The molecule has 0 aromatic rings. The van der Waals surface area contributed by atoms with Gasteiger partial charge >= 0.3 is 0 Å². The van der Waals surface area contributed by atoms with E-state index in [1.807, 2.05) is 13.8 Å². The molecule has 0 aromatic heterocycles. The number of guanidine groups is 1. The Bertz CT molecular complexity index is 291. The molecule has 0 amide bonds. The molecule has 0 radical (unpaired) electrons. The van der Waals surface area contributed by atoms with Crippen molar-refractivity contribution in [2.45, 2.75) is 45.3 Å². The van der Waals surface area contributed by atoms with Crippen LogP contribution in [-0.2, 0) is 4.74 Å². The second-order valence-corrected chi connectivity index (χ2v) is 5.82. The van der Waals surface area contributed by atoms with Crippen molar-refractivity contribution in [3.8, 4) is 0 Å². The van der Waals surface area contributed by atoms with Gasteiger partial charge in [-0.2, -0.15) is 0 Å². The van der Waals surface area contributed by atoms with Crippen LogP contribution in [-0.4, -0.2) is 62.8 Å². The van der Waals surface area contributed by atoms with Gasteiger partial charge in [-0.3, -0.25) is 4.99 Å². The van der Waals surface area contributed by atoms with Crippen molar-refractivity contribution in [1.29, 1.82) is 0 Å². The van der Waals surface area contributed by atoms with E-state index in [1.54, 1.807) is 7.11 Å². The highest BCUT2D eigenvalue weighted by Gasteiger charge is 2.21. The number of likely N-dealkylation sites (N-methyl/N-ethyl adjacent to an activating group) is 1. The molecule has 1 saturated heterocycles. The minimum atomic E-state index is -0.216. The van der Waals surface area contributed by atoms with E-state index >= 15 is 0 Å². The largest absolute Gasteiger partial charge is 0.377 e. The summed E-state index contributed by atoms with van der Waals surface area (Å²) >= 11 is 0. The molecule has 0 saturated carbocycles. The first kappa shape index (κ1) is 16.2. The van der Waals surface area contributed by atoms with Crippen LogP contribution in [0.25, 0.3) is 0 Å². The van der Waals surface area contributed by atoms with Crippen molar-refractivity contribution in [3.63, 3.8) is 0 Å². The summed E-state index contributed by atoms with van der Waals surface area (Å²) in [6.07, 6.45) is 2.57. The summed E-state index contributed by atoms with van der Waals surface area (Å²) in [7, 11) is 3.92. The maximum Gasteiger partial charge on any atom is 0.191 e. The monoisotopic (exact) mass is 270 g/mol. The van der Waals surface area contributed by atoms with Crippen molar-refractivity contribution in [3.05, 3.63) is 0 Å². The third-order valence-corrected chi connectivity index (χ3v) is 3.69.